The van der Waals surface area contributed by atoms with Gasteiger partial charge in [-0.2, -0.15) is 0 Å². The lowest BCUT2D eigenvalue weighted by molar-refractivity contribution is 0.0731. The summed E-state index contributed by atoms with van der Waals surface area (Å²) in [4.78, 5) is 35.7. The Morgan fingerprint density at radius 2 is 1.88 bits per heavy atom. The molecule has 6 rings (SSSR count). The molecule has 0 atom stereocenters. The van der Waals surface area contributed by atoms with Gasteiger partial charge in [-0.25, -0.2) is 19.9 Å². The lowest BCUT2D eigenvalue weighted by Gasteiger charge is -2.30. The number of anilines is 2. The summed E-state index contributed by atoms with van der Waals surface area (Å²) in [7, 11) is 0. The van der Waals surface area contributed by atoms with Crippen LogP contribution in [-0.4, -0.2) is 55.9 Å². The average molecular weight is 434 g/mol. The van der Waals surface area contributed by atoms with Crippen LogP contribution < -0.4 is 10.2 Å². The second kappa shape index (κ2) is 7.15. The summed E-state index contributed by atoms with van der Waals surface area (Å²) in [6.45, 7) is 7.16. The number of furan rings is 1. The first-order valence-electron chi connectivity index (χ1n) is 11.4. The average Bonchev–Trinajstić information content (AvgIpc) is 3.17. The van der Waals surface area contributed by atoms with Crippen LogP contribution in [0, 0.1) is 6.92 Å². The molecule has 9 heteroatoms. The monoisotopic (exact) mass is 433 g/mol. The number of fused-ring (bicyclic) bond motifs is 2. The summed E-state index contributed by atoms with van der Waals surface area (Å²) in [6, 6.07) is 0. The molecule has 0 bridgehead atoms. The van der Waals surface area contributed by atoms with Gasteiger partial charge in [-0.15, -0.1) is 0 Å². The molecular formula is C23H27N7O2. The third kappa shape index (κ3) is 3.18. The molecule has 9 nitrogen and oxygen atoms in total. The Labute approximate surface area is 186 Å². The minimum Gasteiger partial charge on any atom is -0.442 e. The van der Waals surface area contributed by atoms with Gasteiger partial charge in [-0.1, -0.05) is 0 Å². The highest BCUT2D eigenvalue weighted by atomic mass is 16.3. The third-order valence-electron chi connectivity index (χ3n) is 6.98. The van der Waals surface area contributed by atoms with Crippen molar-refractivity contribution >= 4 is 28.6 Å². The molecule has 0 unspecified atom stereocenters. The fourth-order valence-electron chi connectivity index (χ4n) is 4.86. The van der Waals surface area contributed by atoms with E-state index >= 15 is 0 Å². The Morgan fingerprint density at radius 1 is 1.09 bits per heavy atom. The Hall–Kier alpha value is -3.23. The summed E-state index contributed by atoms with van der Waals surface area (Å²) >= 11 is 0. The van der Waals surface area contributed by atoms with Crippen LogP contribution in [0.2, 0.25) is 0 Å². The molecule has 5 heterocycles. The van der Waals surface area contributed by atoms with Gasteiger partial charge in [-0.05, 0) is 46.0 Å². The van der Waals surface area contributed by atoms with E-state index in [0.717, 1.165) is 43.9 Å². The maximum atomic E-state index is 13.7. The van der Waals surface area contributed by atoms with Gasteiger partial charge in [0.2, 0.25) is 5.71 Å². The summed E-state index contributed by atoms with van der Waals surface area (Å²) in [6.07, 6.45) is 8.44. The number of amides is 1. The number of hydrogen-bond donors (Lipinski definition) is 1. The number of aryl methyl sites for hydroxylation is 1. The summed E-state index contributed by atoms with van der Waals surface area (Å²) in [5, 5.41) is 4.17. The molecule has 0 spiro atoms. The summed E-state index contributed by atoms with van der Waals surface area (Å²) < 4.78 is 5.87. The number of carbonyl (C=O) groups excluding carboxylic acids is 1. The largest absolute Gasteiger partial charge is 0.442 e. The molecule has 1 saturated heterocycles. The van der Waals surface area contributed by atoms with Gasteiger partial charge >= 0.3 is 0 Å². The van der Waals surface area contributed by atoms with Gasteiger partial charge in [0.1, 0.15) is 30.1 Å². The summed E-state index contributed by atoms with van der Waals surface area (Å²) in [5.74, 6) is 2.22. The molecule has 1 amide bonds. The molecule has 0 aromatic carbocycles. The van der Waals surface area contributed by atoms with E-state index in [0.29, 0.717) is 41.3 Å². The second-order valence-electron chi connectivity index (χ2n) is 9.41. The first kappa shape index (κ1) is 19.5. The van der Waals surface area contributed by atoms with Gasteiger partial charge in [0.05, 0.1) is 23.2 Å². The molecule has 3 aromatic rings. The predicted octanol–water partition coefficient (Wildman–Crippen LogP) is 3.08. The van der Waals surface area contributed by atoms with Crippen LogP contribution in [0.4, 0.5) is 11.6 Å². The molecule has 2 fully saturated rings. The van der Waals surface area contributed by atoms with E-state index in [-0.39, 0.29) is 11.4 Å². The Kier molecular flexibility index (Phi) is 4.34. The van der Waals surface area contributed by atoms with Gasteiger partial charge in [-0.3, -0.25) is 4.79 Å². The van der Waals surface area contributed by atoms with Gasteiger partial charge < -0.3 is 19.5 Å². The van der Waals surface area contributed by atoms with Crippen molar-refractivity contribution in [3.8, 4) is 0 Å². The van der Waals surface area contributed by atoms with Gasteiger partial charge in [0.15, 0.2) is 0 Å². The number of nitrogens with one attached hydrogen (secondary N) is 1. The molecular weight excluding hydrogens is 406 g/mol. The van der Waals surface area contributed by atoms with E-state index in [1.165, 1.54) is 24.7 Å². The van der Waals surface area contributed by atoms with Crippen molar-refractivity contribution in [2.45, 2.75) is 58.0 Å². The molecule has 166 valence electrons. The first-order chi connectivity index (χ1) is 15.5. The summed E-state index contributed by atoms with van der Waals surface area (Å²) in [5.41, 5.74) is 3.14. The van der Waals surface area contributed by atoms with E-state index in [1.54, 1.807) is 6.33 Å². The maximum absolute atomic E-state index is 13.7. The van der Waals surface area contributed by atoms with Crippen molar-refractivity contribution in [1.82, 2.24) is 24.8 Å². The zero-order valence-corrected chi connectivity index (χ0v) is 18.5. The van der Waals surface area contributed by atoms with Crippen LogP contribution in [0.25, 0.3) is 11.1 Å². The number of nitrogens with zero attached hydrogens (tertiary/aromatic N) is 6. The van der Waals surface area contributed by atoms with E-state index in [9.17, 15) is 4.79 Å². The molecule has 32 heavy (non-hydrogen) atoms. The Bertz CT molecular complexity index is 1210. The quantitative estimate of drug-likeness (QED) is 0.670. The van der Waals surface area contributed by atoms with Crippen LogP contribution in [0.15, 0.2) is 17.1 Å². The van der Waals surface area contributed by atoms with Gasteiger partial charge in [0, 0.05) is 30.7 Å². The van der Waals surface area contributed by atoms with Crippen LogP contribution in [0.5, 0.6) is 0 Å². The highest BCUT2D eigenvalue weighted by Gasteiger charge is 2.39. The number of hydrogen-bond acceptors (Lipinski definition) is 8. The van der Waals surface area contributed by atoms with E-state index in [4.69, 9.17) is 4.42 Å². The molecule has 3 aromatic heterocycles. The SMILES string of the molecule is Cc1oc2ncnc(NC3(C)CC3)c2c1C(=O)N1CCc2c(ncnc2N2CCCC2)C1. The lowest BCUT2D eigenvalue weighted by Crippen LogP contribution is -2.38. The minimum absolute atomic E-state index is 0.0275. The highest BCUT2D eigenvalue weighted by molar-refractivity contribution is 6.10. The van der Waals surface area contributed by atoms with Crippen molar-refractivity contribution < 1.29 is 9.21 Å². The van der Waals surface area contributed by atoms with Crippen molar-refractivity contribution in [2.75, 3.05) is 29.9 Å². The van der Waals surface area contributed by atoms with Gasteiger partial charge in [0.25, 0.3) is 5.91 Å². The first-order valence-corrected chi connectivity index (χ1v) is 11.4. The highest BCUT2D eigenvalue weighted by Crippen LogP contribution is 2.40. The Morgan fingerprint density at radius 3 is 2.66 bits per heavy atom. The predicted molar refractivity (Wildman–Crippen MR) is 120 cm³/mol. The molecule has 1 saturated carbocycles. The molecule has 1 aliphatic carbocycles. The van der Waals surface area contributed by atoms with Crippen molar-refractivity contribution in [3.63, 3.8) is 0 Å². The number of aromatic nitrogens is 4. The second-order valence-corrected chi connectivity index (χ2v) is 9.41. The van der Waals surface area contributed by atoms with Crippen LogP contribution in [0.1, 0.15) is 60.0 Å². The fourth-order valence-corrected chi connectivity index (χ4v) is 4.86. The van der Waals surface area contributed by atoms with Crippen molar-refractivity contribution in [2.24, 2.45) is 0 Å². The van der Waals surface area contributed by atoms with Crippen LogP contribution in [0.3, 0.4) is 0 Å². The molecule has 2 aliphatic heterocycles. The third-order valence-corrected chi connectivity index (χ3v) is 6.98. The molecule has 0 radical (unpaired) electrons. The van der Waals surface area contributed by atoms with Crippen LogP contribution >= 0.6 is 0 Å². The number of rotatable bonds is 4. The standard InChI is InChI=1S/C23H27N7O2/c1-14-17(18-19(28-23(2)6-7-23)25-13-27-21(18)32-14)22(31)30-10-5-15-16(11-30)24-12-26-20(15)29-8-3-4-9-29/h12-13H,3-11H2,1-2H3,(H,25,27,28). The van der Waals surface area contributed by atoms with E-state index in [2.05, 4.69) is 37.1 Å². The zero-order valence-electron chi connectivity index (χ0n) is 18.5. The fraction of sp³-hybridized carbons (Fsp3) is 0.522. The number of carbonyl (C=O) groups is 1. The van der Waals surface area contributed by atoms with E-state index in [1.807, 2.05) is 11.8 Å². The zero-order chi connectivity index (χ0) is 21.9. The van der Waals surface area contributed by atoms with E-state index < -0.39 is 0 Å². The van der Waals surface area contributed by atoms with Crippen molar-refractivity contribution in [1.29, 1.82) is 0 Å². The topological polar surface area (TPSA) is 100 Å². The van der Waals surface area contributed by atoms with Crippen LogP contribution in [-0.2, 0) is 13.0 Å². The van der Waals surface area contributed by atoms with Crippen molar-refractivity contribution in [3.05, 3.63) is 35.2 Å². The smallest absolute Gasteiger partial charge is 0.258 e. The molecule has 3 aliphatic rings. The maximum Gasteiger partial charge on any atom is 0.258 e. The Balaban J connectivity index is 1.33. The normalized spacial score (nSPS) is 19.3. The molecule has 1 N–H and O–H groups in total. The lowest BCUT2D eigenvalue weighted by atomic mass is 10.0. The minimum atomic E-state index is -0.0629.